The normalized spacial score (nSPS) is 11.3. The van der Waals surface area contributed by atoms with Gasteiger partial charge in [-0.05, 0) is 34.0 Å². The summed E-state index contributed by atoms with van der Waals surface area (Å²) >= 11 is 0. The lowest BCUT2D eigenvalue weighted by molar-refractivity contribution is 0.425. The van der Waals surface area contributed by atoms with Gasteiger partial charge in [0.15, 0.2) is 0 Å². The Balaban J connectivity index is 2.08. The summed E-state index contributed by atoms with van der Waals surface area (Å²) in [5, 5.41) is 7.56. The van der Waals surface area contributed by atoms with Crippen molar-refractivity contribution in [3.8, 4) is 11.3 Å². The predicted molar refractivity (Wildman–Crippen MR) is 80.7 cm³/mol. The third kappa shape index (κ3) is 3.77. The number of aromatic nitrogens is 4. The Labute approximate surface area is 119 Å². The van der Waals surface area contributed by atoms with Gasteiger partial charge in [-0.15, -0.1) is 0 Å². The Bertz CT molecular complexity index is 546. The summed E-state index contributed by atoms with van der Waals surface area (Å²) in [6, 6.07) is 2.25. The number of hydrogen-bond donors (Lipinski definition) is 1. The summed E-state index contributed by atoms with van der Waals surface area (Å²) in [4.78, 5) is 10.9. The van der Waals surface area contributed by atoms with Gasteiger partial charge in [-0.1, -0.05) is 0 Å². The number of rotatable bonds is 6. The van der Waals surface area contributed by atoms with E-state index < -0.39 is 0 Å². The standard InChI is InChI=1S/C14H22N6/c1-11(2)20-10-12(9-17-20)13-5-6-15-14(18-13)16-7-8-19(3)4/h5-6,9-11H,7-8H2,1-4H3,(H,15,16,18). The van der Waals surface area contributed by atoms with Gasteiger partial charge in [0.2, 0.25) is 5.95 Å². The smallest absolute Gasteiger partial charge is 0.223 e. The van der Waals surface area contributed by atoms with Crippen LogP contribution in [-0.2, 0) is 0 Å². The second-order valence-electron chi connectivity index (χ2n) is 5.30. The van der Waals surface area contributed by atoms with Crippen molar-refractivity contribution >= 4 is 5.95 Å². The monoisotopic (exact) mass is 274 g/mol. The molecule has 2 rings (SSSR count). The number of anilines is 1. The molecule has 0 aliphatic rings. The van der Waals surface area contributed by atoms with Crippen molar-refractivity contribution in [2.45, 2.75) is 19.9 Å². The molecule has 6 heteroatoms. The zero-order valence-electron chi connectivity index (χ0n) is 12.5. The highest BCUT2D eigenvalue weighted by atomic mass is 15.3. The van der Waals surface area contributed by atoms with E-state index in [1.54, 1.807) is 6.20 Å². The number of nitrogens with zero attached hydrogens (tertiary/aromatic N) is 5. The Morgan fingerprint density at radius 2 is 2.15 bits per heavy atom. The van der Waals surface area contributed by atoms with Crippen LogP contribution in [-0.4, -0.2) is 51.8 Å². The molecule has 0 aromatic carbocycles. The molecule has 0 fully saturated rings. The maximum absolute atomic E-state index is 4.52. The van der Waals surface area contributed by atoms with E-state index in [1.807, 2.05) is 37.2 Å². The van der Waals surface area contributed by atoms with E-state index in [-0.39, 0.29) is 0 Å². The van der Waals surface area contributed by atoms with Crippen LogP contribution in [0.3, 0.4) is 0 Å². The molecule has 0 radical (unpaired) electrons. The van der Waals surface area contributed by atoms with E-state index in [9.17, 15) is 0 Å². The van der Waals surface area contributed by atoms with Crippen molar-refractivity contribution < 1.29 is 0 Å². The fourth-order valence-electron chi connectivity index (χ4n) is 1.75. The van der Waals surface area contributed by atoms with Gasteiger partial charge in [0, 0.05) is 37.1 Å². The van der Waals surface area contributed by atoms with E-state index in [0.29, 0.717) is 12.0 Å². The molecule has 0 unspecified atom stereocenters. The Kier molecular flexibility index (Phi) is 4.68. The molecule has 108 valence electrons. The van der Waals surface area contributed by atoms with Gasteiger partial charge in [-0.25, -0.2) is 9.97 Å². The van der Waals surface area contributed by atoms with Crippen molar-refractivity contribution in [1.82, 2.24) is 24.6 Å². The van der Waals surface area contributed by atoms with Gasteiger partial charge in [-0.3, -0.25) is 4.68 Å². The summed E-state index contributed by atoms with van der Waals surface area (Å²) in [6.07, 6.45) is 5.62. The maximum atomic E-state index is 4.52. The van der Waals surface area contributed by atoms with Gasteiger partial charge >= 0.3 is 0 Å². The third-order valence-corrected chi connectivity index (χ3v) is 2.92. The Hall–Kier alpha value is -1.95. The van der Waals surface area contributed by atoms with Crippen molar-refractivity contribution in [2.75, 3.05) is 32.5 Å². The van der Waals surface area contributed by atoms with Gasteiger partial charge in [-0.2, -0.15) is 5.10 Å². The molecule has 0 aliphatic heterocycles. The summed E-state index contributed by atoms with van der Waals surface area (Å²) < 4.78 is 1.93. The molecule has 2 aromatic heterocycles. The molecule has 1 N–H and O–H groups in total. The first-order valence-electron chi connectivity index (χ1n) is 6.82. The molecule has 2 aromatic rings. The third-order valence-electron chi connectivity index (χ3n) is 2.92. The number of likely N-dealkylation sites (N-methyl/N-ethyl adjacent to an activating group) is 1. The predicted octanol–water partition coefficient (Wildman–Crippen LogP) is 1.89. The second kappa shape index (κ2) is 6.47. The van der Waals surface area contributed by atoms with Gasteiger partial charge < -0.3 is 10.2 Å². The van der Waals surface area contributed by atoms with Crippen molar-refractivity contribution in [2.24, 2.45) is 0 Å². The van der Waals surface area contributed by atoms with Crippen molar-refractivity contribution in [3.63, 3.8) is 0 Å². The summed E-state index contributed by atoms with van der Waals surface area (Å²) in [6.45, 7) is 5.97. The average molecular weight is 274 g/mol. The number of nitrogens with one attached hydrogen (secondary N) is 1. The topological polar surface area (TPSA) is 58.9 Å². The van der Waals surface area contributed by atoms with Gasteiger partial charge in [0.05, 0.1) is 11.9 Å². The van der Waals surface area contributed by atoms with E-state index >= 15 is 0 Å². The Morgan fingerprint density at radius 3 is 2.80 bits per heavy atom. The first-order valence-corrected chi connectivity index (χ1v) is 6.82. The molecule has 0 amide bonds. The maximum Gasteiger partial charge on any atom is 0.223 e. The lowest BCUT2D eigenvalue weighted by Crippen LogP contribution is -2.21. The van der Waals surface area contributed by atoms with Crippen LogP contribution < -0.4 is 5.32 Å². The summed E-state index contributed by atoms with van der Waals surface area (Å²) in [7, 11) is 4.08. The largest absolute Gasteiger partial charge is 0.353 e. The molecule has 0 bridgehead atoms. The lowest BCUT2D eigenvalue weighted by Gasteiger charge is -2.10. The van der Waals surface area contributed by atoms with Crippen LogP contribution in [0.1, 0.15) is 19.9 Å². The highest BCUT2D eigenvalue weighted by Gasteiger charge is 2.06. The fourth-order valence-corrected chi connectivity index (χ4v) is 1.75. The molecule has 6 nitrogen and oxygen atoms in total. The summed E-state index contributed by atoms with van der Waals surface area (Å²) in [5.41, 5.74) is 1.90. The van der Waals surface area contributed by atoms with Crippen LogP contribution in [0.15, 0.2) is 24.7 Å². The molecule has 0 saturated heterocycles. The highest BCUT2D eigenvalue weighted by molar-refractivity contribution is 5.57. The lowest BCUT2D eigenvalue weighted by atomic mass is 10.2. The molecular formula is C14H22N6. The number of hydrogen-bond acceptors (Lipinski definition) is 5. The van der Waals surface area contributed by atoms with Crippen LogP contribution in [0, 0.1) is 0 Å². The van der Waals surface area contributed by atoms with E-state index in [0.717, 1.165) is 24.3 Å². The zero-order chi connectivity index (χ0) is 14.5. The minimum absolute atomic E-state index is 0.350. The average Bonchev–Trinajstić information content (AvgIpc) is 2.88. The fraction of sp³-hybridized carbons (Fsp3) is 0.500. The van der Waals surface area contributed by atoms with Crippen LogP contribution in [0.4, 0.5) is 5.95 Å². The van der Waals surface area contributed by atoms with Crippen molar-refractivity contribution in [3.05, 3.63) is 24.7 Å². The summed E-state index contributed by atoms with van der Waals surface area (Å²) in [5.74, 6) is 0.654. The molecule has 0 spiro atoms. The molecular weight excluding hydrogens is 252 g/mol. The van der Waals surface area contributed by atoms with Crippen LogP contribution >= 0.6 is 0 Å². The van der Waals surface area contributed by atoms with Gasteiger partial charge in [0.25, 0.3) is 0 Å². The first kappa shape index (κ1) is 14.5. The van der Waals surface area contributed by atoms with Gasteiger partial charge in [0.1, 0.15) is 0 Å². The second-order valence-corrected chi connectivity index (χ2v) is 5.30. The van der Waals surface area contributed by atoms with E-state index in [4.69, 9.17) is 0 Å². The highest BCUT2D eigenvalue weighted by Crippen LogP contribution is 2.18. The van der Waals surface area contributed by atoms with Crippen LogP contribution in [0.2, 0.25) is 0 Å². The quantitative estimate of drug-likeness (QED) is 0.871. The van der Waals surface area contributed by atoms with E-state index in [2.05, 4.69) is 39.1 Å². The van der Waals surface area contributed by atoms with Crippen molar-refractivity contribution in [1.29, 1.82) is 0 Å². The minimum Gasteiger partial charge on any atom is -0.353 e. The minimum atomic E-state index is 0.350. The molecule has 0 aliphatic carbocycles. The molecule has 2 heterocycles. The SMILES string of the molecule is CC(C)n1cc(-c2ccnc(NCCN(C)C)n2)cn1. The Morgan fingerprint density at radius 1 is 1.35 bits per heavy atom. The molecule has 20 heavy (non-hydrogen) atoms. The molecule has 0 saturated carbocycles. The van der Waals surface area contributed by atoms with Crippen LogP contribution in [0.5, 0.6) is 0 Å². The van der Waals surface area contributed by atoms with E-state index in [1.165, 1.54) is 0 Å². The zero-order valence-corrected chi connectivity index (χ0v) is 12.5. The van der Waals surface area contributed by atoms with Crippen LogP contribution in [0.25, 0.3) is 11.3 Å². The first-order chi connectivity index (χ1) is 9.56. The molecule has 0 atom stereocenters.